The van der Waals surface area contributed by atoms with Crippen molar-refractivity contribution in [1.29, 1.82) is 0 Å². The Bertz CT molecular complexity index is 1480. The molecule has 0 saturated carbocycles. The second-order valence-electron chi connectivity index (χ2n) is 11.9. The van der Waals surface area contributed by atoms with E-state index in [9.17, 15) is 24.0 Å². The van der Waals surface area contributed by atoms with Crippen molar-refractivity contribution in [3.63, 3.8) is 0 Å². The Hall–Kier alpha value is -5.00. The number of carbonyl (C=O) groups is 5. The molecule has 0 aliphatic carbocycles. The molecule has 3 aromatic rings. The number of carbonyl (C=O) groups excluding carboxylic acids is 5. The summed E-state index contributed by atoms with van der Waals surface area (Å²) in [6.45, 7) is 6.45. The first-order valence-corrected chi connectivity index (χ1v) is 15.6. The van der Waals surface area contributed by atoms with Crippen LogP contribution in [-0.2, 0) is 27.3 Å². The summed E-state index contributed by atoms with van der Waals surface area (Å²) in [6, 6.07) is 14.8. The van der Waals surface area contributed by atoms with Gasteiger partial charge in [0.25, 0.3) is 11.8 Å². The van der Waals surface area contributed by atoms with Gasteiger partial charge in [0.05, 0.1) is 0 Å². The molecule has 2 aromatic carbocycles. The monoisotopic (exact) mass is 630 g/mol. The fraction of sp³-hybridized carbons (Fsp3) is 0.412. The highest BCUT2D eigenvalue weighted by Crippen LogP contribution is 2.14. The standard InChI is InChI=1S/C34H42N6O6/c1-22(2)19-28-32(43)36-23(3)30(41)35-16-7-8-17-40(34(45)27-15-18-46-39-27)21-25-11-13-26(14-12-25)31(42)37-29(33(44)38-28)20-24-9-5-4-6-10-24/h4-6,9-15,18,22-23,28-29H,7-8,16-17,19-21H2,1-3H3,(H,35,41)(H,36,43)(H,37,42)(H,38,44)/t23-,28+,29-/m1/s1. The predicted molar refractivity (Wildman–Crippen MR) is 170 cm³/mol. The normalized spacial score (nSPS) is 20.7. The summed E-state index contributed by atoms with van der Waals surface area (Å²) < 4.78 is 4.87. The molecule has 0 fully saturated rings. The van der Waals surface area contributed by atoms with Crippen LogP contribution in [0, 0.1) is 5.92 Å². The quantitative estimate of drug-likeness (QED) is 0.315. The van der Waals surface area contributed by atoms with Crippen molar-refractivity contribution in [2.45, 2.75) is 71.1 Å². The molecule has 2 bridgehead atoms. The van der Waals surface area contributed by atoms with Crippen LogP contribution < -0.4 is 21.3 Å². The number of hydrogen-bond acceptors (Lipinski definition) is 7. The molecular formula is C34H42N6O6. The zero-order valence-corrected chi connectivity index (χ0v) is 26.5. The minimum atomic E-state index is -0.984. The van der Waals surface area contributed by atoms with Crippen LogP contribution in [0.5, 0.6) is 0 Å². The van der Waals surface area contributed by atoms with E-state index in [-0.39, 0.29) is 36.4 Å². The van der Waals surface area contributed by atoms with Crippen LogP contribution >= 0.6 is 0 Å². The smallest absolute Gasteiger partial charge is 0.276 e. The van der Waals surface area contributed by atoms with Crippen molar-refractivity contribution in [2.24, 2.45) is 5.92 Å². The largest absolute Gasteiger partial charge is 0.364 e. The zero-order valence-electron chi connectivity index (χ0n) is 26.5. The third-order valence-electron chi connectivity index (χ3n) is 7.68. The summed E-state index contributed by atoms with van der Waals surface area (Å²) in [6.07, 6.45) is 3.05. The first kappa shape index (κ1) is 33.9. The van der Waals surface area contributed by atoms with Crippen LogP contribution in [0.2, 0.25) is 0 Å². The van der Waals surface area contributed by atoms with Gasteiger partial charge in [-0.15, -0.1) is 0 Å². The molecule has 2 aliphatic heterocycles. The molecule has 12 nitrogen and oxygen atoms in total. The minimum absolute atomic E-state index is 0.0612. The average molecular weight is 631 g/mol. The molecule has 3 heterocycles. The molecule has 244 valence electrons. The third-order valence-corrected chi connectivity index (χ3v) is 7.68. The van der Waals surface area contributed by atoms with Crippen molar-refractivity contribution in [2.75, 3.05) is 13.1 Å². The minimum Gasteiger partial charge on any atom is -0.364 e. The maximum atomic E-state index is 13.7. The molecule has 1 aromatic heterocycles. The molecule has 5 amide bonds. The van der Waals surface area contributed by atoms with Gasteiger partial charge in [0.1, 0.15) is 24.4 Å². The number of fused-ring (bicyclic) bond motifs is 18. The van der Waals surface area contributed by atoms with Crippen molar-refractivity contribution in [3.8, 4) is 0 Å². The van der Waals surface area contributed by atoms with Crippen molar-refractivity contribution in [1.82, 2.24) is 31.3 Å². The molecule has 12 heteroatoms. The molecule has 0 spiro atoms. The first-order chi connectivity index (χ1) is 22.1. The zero-order chi connectivity index (χ0) is 33.1. The Kier molecular flexibility index (Phi) is 12.0. The van der Waals surface area contributed by atoms with Gasteiger partial charge in [-0.3, -0.25) is 24.0 Å². The maximum absolute atomic E-state index is 13.7. The fourth-order valence-electron chi connectivity index (χ4n) is 5.17. The van der Waals surface area contributed by atoms with Crippen LogP contribution in [0.4, 0.5) is 0 Å². The Morgan fingerprint density at radius 3 is 2.28 bits per heavy atom. The number of amides is 5. The van der Waals surface area contributed by atoms with Gasteiger partial charge in [-0.05, 0) is 55.4 Å². The number of hydrogen-bond donors (Lipinski definition) is 4. The highest BCUT2D eigenvalue weighted by Gasteiger charge is 2.29. The van der Waals surface area contributed by atoms with Gasteiger partial charge in [0, 0.05) is 37.7 Å². The van der Waals surface area contributed by atoms with Gasteiger partial charge in [0.2, 0.25) is 17.7 Å². The maximum Gasteiger partial charge on any atom is 0.276 e. The van der Waals surface area contributed by atoms with E-state index >= 15 is 0 Å². The van der Waals surface area contributed by atoms with Crippen LogP contribution in [0.15, 0.2) is 71.4 Å². The molecule has 0 saturated heterocycles. The second kappa shape index (κ2) is 16.4. The summed E-state index contributed by atoms with van der Waals surface area (Å²) in [4.78, 5) is 68.0. The van der Waals surface area contributed by atoms with E-state index < -0.39 is 35.8 Å². The lowest BCUT2D eigenvalue weighted by Crippen LogP contribution is -2.57. The van der Waals surface area contributed by atoms with E-state index in [1.807, 2.05) is 44.2 Å². The number of nitrogens with one attached hydrogen (secondary N) is 4. The highest BCUT2D eigenvalue weighted by atomic mass is 16.5. The van der Waals surface area contributed by atoms with E-state index in [2.05, 4.69) is 26.4 Å². The third kappa shape index (κ3) is 9.75. The molecule has 4 N–H and O–H groups in total. The van der Waals surface area contributed by atoms with E-state index in [4.69, 9.17) is 4.52 Å². The lowest BCUT2D eigenvalue weighted by atomic mass is 10.0. The summed E-state index contributed by atoms with van der Waals surface area (Å²) in [5, 5.41) is 15.0. The number of rotatable bonds is 5. The SMILES string of the molecule is CC(C)C[C@@H]1NC(=O)[C@@H](Cc2ccccc2)NC(=O)c2ccc(cc2)CN(C(=O)c2ccon2)CCCCNC(=O)[C@@H](C)NC1=O. The van der Waals surface area contributed by atoms with Crippen LogP contribution in [0.1, 0.15) is 72.0 Å². The molecule has 5 rings (SSSR count). The van der Waals surface area contributed by atoms with E-state index in [0.717, 1.165) is 11.1 Å². The summed E-state index contributed by atoms with van der Waals surface area (Å²) >= 11 is 0. The van der Waals surface area contributed by atoms with Crippen molar-refractivity contribution < 1.29 is 28.5 Å². The van der Waals surface area contributed by atoms with E-state index in [1.165, 1.54) is 12.3 Å². The number of benzene rings is 2. The van der Waals surface area contributed by atoms with Gasteiger partial charge in [-0.25, -0.2) is 0 Å². The predicted octanol–water partition coefficient (Wildman–Crippen LogP) is 2.60. The molecule has 0 radical (unpaired) electrons. The average Bonchev–Trinajstić information content (AvgIpc) is 3.58. The lowest BCUT2D eigenvalue weighted by molar-refractivity contribution is -0.132. The van der Waals surface area contributed by atoms with Gasteiger partial charge in [-0.1, -0.05) is 61.5 Å². The molecular weight excluding hydrogens is 588 g/mol. The Morgan fingerprint density at radius 1 is 0.891 bits per heavy atom. The summed E-state index contributed by atoms with van der Waals surface area (Å²) in [5.41, 5.74) is 2.14. The molecule has 0 unspecified atom stereocenters. The van der Waals surface area contributed by atoms with Gasteiger partial charge in [-0.2, -0.15) is 0 Å². The van der Waals surface area contributed by atoms with Crippen LogP contribution in [0.3, 0.4) is 0 Å². The second-order valence-corrected chi connectivity index (χ2v) is 11.9. The summed E-state index contributed by atoms with van der Waals surface area (Å²) in [7, 11) is 0. The highest BCUT2D eigenvalue weighted by molar-refractivity contribution is 5.99. The van der Waals surface area contributed by atoms with Crippen molar-refractivity contribution in [3.05, 3.63) is 89.3 Å². The van der Waals surface area contributed by atoms with Crippen LogP contribution in [0.25, 0.3) is 0 Å². The molecule has 2 aliphatic rings. The van der Waals surface area contributed by atoms with Gasteiger partial charge >= 0.3 is 0 Å². The Labute approximate surface area is 268 Å². The molecule has 3 atom stereocenters. The first-order valence-electron chi connectivity index (χ1n) is 15.6. The fourth-order valence-corrected chi connectivity index (χ4v) is 5.17. The van der Waals surface area contributed by atoms with Crippen molar-refractivity contribution >= 4 is 29.5 Å². The van der Waals surface area contributed by atoms with Gasteiger partial charge in [0.15, 0.2) is 5.69 Å². The van der Waals surface area contributed by atoms with Crippen LogP contribution in [-0.4, -0.2) is 70.8 Å². The van der Waals surface area contributed by atoms with E-state index in [0.29, 0.717) is 37.9 Å². The number of aromatic nitrogens is 1. The van der Waals surface area contributed by atoms with Gasteiger partial charge < -0.3 is 30.7 Å². The number of nitrogens with zero attached hydrogens (tertiary/aromatic N) is 2. The Balaban J connectivity index is 1.61. The summed E-state index contributed by atoms with van der Waals surface area (Å²) in [5.74, 6) is -2.07. The topological polar surface area (TPSA) is 163 Å². The molecule has 46 heavy (non-hydrogen) atoms. The Morgan fingerprint density at radius 2 is 1.61 bits per heavy atom. The lowest BCUT2D eigenvalue weighted by Gasteiger charge is -2.25. The van der Waals surface area contributed by atoms with E-state index in [1.54, 1.807) is 36.1 Å².